The van der Waals surface area contributed by atoms with E-state index in [1.165, 1.54) is 0 Å². The van der Waals surface area contributed by atoms with Crippen molar-refractivity contribution in [3.8, 4) is 57.9 Å². The molecular formula is C31H15N5. The van der Waals surface area contributed by atoms with E-state index in [9.17, 15) is 21.0 Å². The van der Waals surface area contributed by atoms with Crippen molar-refractivity contribution < 1.29 is 0 Å². The molecule has 0 aliphatic carbocycles. The highest BCUT2D eigenvalue weighted by atomic mass is 14.7. The molecule has 36 heavy (non-hydrogen) atoms. The molecule has 0 unspecified atom stereocenters. The summed E-state index contributed by atoms with van der Waals surface area (Å²) in [6, 6.07) is 36.2. The molecule has 0 atom stereocenters. The summed E-state index contributed by atoms with van der Waals surface area (Å²) in [6.45, 7) is 0. The monoisotopic (exact) mass is 457 g/mol. The van der Waals surface area contributed by atoms with E-state index >= 15 is 0 Å². The highest BCUT2D eigenvalue weighted by Crippen LogP contribution is 2.39. The molecule has 5 heteroatoms. The average molecular weight is 457 g/mol. The molecule has 0 amide bonds. The zero-order chi connectivity index (χ0) is 25.1. The molecule has 5 rings (SSSR count). The van der Waals surface area contributed by atoms with E-state index in [-0.39, 0.29) is 11.1 Å². The van der Waals surface area contributed by atoms with E-state index in [1.54, 1.807) is 48.5 Å². The number of hydrogen-bond acceptors (Lipinski definition) is 5. The summed E-state index contributed by atoms with van der Waals surface area (Å²) in [5, 5.41) is 41.0. The smallest absolute Gasteiger partial charge is 0.102 e. The van der Waals surface area contributed by atoms with Gasteiger partial charge in [-0.05, 0) is 46.7 Å². The fourth-order valence-corrected chi connectivity index (χ4v) is 4.26. The van der Waals surface area contributed by atoms with Gasteiger partial charge in [-0.25, -0.2) is 4.98 Å². The summed E-state index contributed by atoms with van der Waals surface area (Å²) in [4.78, 5) is 4.80. The number of rotatable bonds is 3. The van der Waals surface area contributed by atoms with Gasteiger partial charge in [0, 0.05) is 16.7 Å². The van der Waals surface area contributed by atoms with Crippen molar-refractivity contribution in [1.29, 1.82) is 21.0 Å². The van der Waals surface area contributed by atoms with E-state index < -0.39 is 0 Å². The lowest BCUT2D eigenvalue weighted by Crippen LogP contribution is -2.02. The zero-order valence-electron chi connectivity index (χ0n) is 18.9. The Hall–Kier alpha value is -5.75. The minimum atomic E-state index is 0.281. The van der Waals surface area contributed by atoms with Crippen molar-refractivity contribution in [1.82, 2.24) is 4.98 Å². The second-order valence-corrected chi connectivity index (χ2v) is 8.10. The number of nitrogens with zero attached hydrogens (tertiary/aromatic N) is 5. The van der Waals surface area contributed by atoms with Crippen LogP contribution in [0.2, 0.25) is 0 Å². The summed E-state index contributed by atoms with van der Waals surface area (Å²) >= 11 is 0. The number of pyridine rings is 1. The standard InChI is InChI=1S/C31H15N5/c32-16-20-5-9-23(10-6-20)30-27(18-34)29(26-14-13-22-3-1-2-4-25(22)15-26)28(19-35)31(36-30)24-11-7-21(17-33)8-12-24/h1-15H. The Kier molecular flexibility index (Phi) is 5.67. The highest BCUT2D eigenvalue weighted by molar-refractivity contribution is 5.94. The number of hydrogen-bond donors (Lipinski definition) is 0. The van der Waals surface area contributed by atoms with Crippen molar-refractivity contribution in [2.45, 2.75) is 0 Å². The molecule has 4 aromatic carbocycles. The Labute approximate surface area is 208 Å². The van der Waals surface area contributed by atoms with Crippen LogP contribution in [-0.2, 0) is 0 Å². The van der Waals surface area contributed by atoms with Gasteiger partial charge in [-0.15, -0.1) is 0 Å². The molecule has 0 saturated heterocycles. The Balaban J connectivity index is 1.87. The SMILES string of the molecule is N#Cc1ccc(-c2nc(-c3ccc(C#N)cc3)c(C#N)c(-c3ccc4ccccc4c3)c2C#N)cc1. The van der Waals surface area contributed by atoms with Gasteiger partial charge in [-0.1, -0.05) is 60.7 Å². The van der Waals surface area contributed by atoms with Gasteiger partial charge in [-0.2, -0.15) is 21.0 Å². The largest absolute Gasteiger partial charge is 0.245 e. The molecule has 0 aliphatic rings. The molecule has 0 radical (unpaired) electrons. The van der Waals surface area contributed by atoms with Crippen molar-refractivity contribution >= 4 is 10.8 Å². The van der Waals surface area contributed by atoms with Gasteiger partial charge in [0.05, 0.1) is 45.8 Å². The normalized spacial score (nSPS) is 10.1. The second-order valence-electron chi connectivity index (χ2n) is 8.10. The van der Waals surface area contributed by atoms with Gasteiger partial charge in [0.25, 0.3) is 0 Å². The molecule has 5 nitrogen and oxygen atoms in total. The predicted molar refractivity (Wildman–Crippen MR) is 137 cm³/mol. The molecule has 0 fully saturated rings. The number of benzene rings is 4. The summed E-state index contributed by atoms with van der Waals surface area (Å²) in [5.41, 5.74) is 4.94. The fourth-order valence-electron chi connectivity index (χ4n) is 4.26. The second kappa shape index (κ2) is 9.24. The first-order valence-corrected chi connectivity index (χ1v) is 11.0. The third-order valence-electron chi connectivity index (χ3n) is 6.03. The predicted octanol–water partition coefficient (Wildman–Crippen LogP) is 6.72. The lowest BCUT2D eigenvalue weighted by atomic mass is 9.88. The third kappa shape index (κ3) is 3.81. The Morgan fingerprint density at radius 2 is 0.944 bits per heavy atom. The maximum atomic E-state index is 10.3. The van der Waals surface area contributed by atoms with E-state index in [1.807, 2.05) is 42.5 Å². The Morgan fingerprint density at radius 1 is 0.472 bits per heavy atom. The van der Waals surface area contributed by atoms with Crippen LogP contribution in [-0.4, -0.2) is 4.98 Å². The molecule has 0 spiro atoms. The fraction of sp³-hybridized carbons (Fsp3) is 0. The van der Waals surface area contributed by atoms with Crippen LogP contribution >= 0.6 is 0 Å². The topological polar surface area (TPSA) is 108 Å². The molecule has 0 N–H and O–H groups in total. The molecule has 1 heterocycles. The van der Waals surface area contributed by atoms with E-state index in [0.29, 0.717) is 39.2 Å². The lowest BCUT2D eigenvalue weighted by molar-refractivity contribution is 1.28. The zero-order valence-corrected chi connectivity index (χ0v) is 18.9. The molecule has 1 aromatic heterocycles. The number of aromatic nitrogens is 1. The summed E-state index contributed by atoms with van der Waals surface area (Å²) in [7, 11) is 0. The van der Waals surface area contributed by atoms with Crippen LogP contribution in [0.25, 0.3) is 44.4 Å². The lowest BCUT2D eigenvalue weighted by Gasteiger charge is -2.16. The van der Waals surface area contributed by atoms with Gasteiger partial charge >= 0.3 is 0 Å². The van der Waals surface area contributed by atoms with Crippen LogP contribution in [0.4, 0.5) is 0 Å². The summed E-state index contributed by atoms with van der Waals surface area (Å²) in [6.07, 6.45) is 0. The Bertz CT molecular complexity index is 1710. The van der Waals surface area contributed by atoms with Crippen LogP contribution in [0, 0.1) is 45.3 Å². The van der Waals surface area contributed by atoms with Crippen LogP contribution in [0.3, 0.4) is 0 Å². The first-order valence-electron chi connectivity index (χ1n) is 11.0. The maximum Gasteiger partial charge on any atom is 0.102 e. The molecule has 0 bridgehead atoms. The van der Waals surface area contributed by atoms with Gasteiger partial charge in [-0.3, -0.25) is 0 Å². The number of nitriles is 4. The quantitative estimate of drug-likeness (QED) is 0.299. The first-order chi connectivity index (χ1) is 17.7. The number of fused-ring (bicyclic) bond motifs is 1. The summed E-state index contributed by atoms with van der Waals surface area (Å²) in [5.74, 6) is 0. The summed E-state index contributed by atoms with van der Waals surface area (Å²) < 4.78 is 0. The first kappa shape index (κ1) is 22.1. The van der Waals surface area contributed by atoms with Crippen LogP contribution in [0.1, 0.15) is 22.3 Å². The van der Waals surface area contributed by atoms with Gasteiger partial charge < -0.3 is 0 Å². The highest BCUT2D eigenvalue weighted by Gasteiger charge is 2.23. The van der Waals surface area contributed by atoms with Crippen LogP contribution in [0.15, 0.2) is 91.0 Å². The molecule has 0 saturated carbocycles. The molecule has 0 aliphatic heterocycles. The molecule has 5 aromatic rings. The minimum Gasteiger partial charge on any atom is -0.245 e. The van der Waals surface area contributed by atoms with Crippen molar-refractivity contribution in [3.05, 3.63) is 113 Å². The minimum absolute atomic E-state index is 0.281. The molecular weight excluding hydrogens is 442 g/mol. The van der Waals surface area contributed by atoms with E-state index in [0.717, 1.165) is 16.3 Å². The Morgan fingerprint density at radius 3 is 1.42 bits per heavy atom. The average Bonchev–Trinajstić information content (AvgIpc) is 2.95. The van der Waals surface area contributed by atoms with Gasteiger partial charge in [0.1, 0.15) is 12.1 Å². The van der Waals surface area contributed by atoms with Crippen LogP contribution in [0.5, 0.6) is 0 Å². The maximum absolute atomic E-state index is 10.3. The molecule has 164 valence electrons. The third-order valence-corrected chi connectivity index (χ3v) is 6.03. The van der Waals surface area contributed by atoms with Gasteiger partial charge in [0.2, 0.25) is 0 Å². The van der Waals surface area contributed by atoms with Crippen molar-refractivity contribution in [2.75, 3.05) is 0 Å². The van der Waals surface area contributed by atoms with E-state index in [4.69, 9.17) is 4.98 Å². The van der Waals surface area contributed by atoms with Crippen LogP contribution < -0.4 is 0 Å². The van der Waals surface area contributed by atoms with Crippen molar-refractivity contribution in [2.24, 2.45) is 0 Å². The van der Waals surface area contributed by atoms with Crippen molar-refractivity contribution in [3.63, 3.8) is 0 Å². The van der Waals surface area contributed by atoms with E-state index in [2.05, 4.69) is 24.3 Å². The van der Waals surface area contributed by atoms with Gasteiger partial charge in [0.15, 0.2) is 0 Å².